The Morgan fingerprint density at radius 1 is 0.778 bits per heavy atom. The van der Waals surface area contributed by atoms with E-state index in [1.54, 1.807) is 36.4 Å². The maximum absolute atomic E-state index is 10.7. The first kappa shape index (κ1) is 26.9. The predicted octanol–water partition coefficient (Wildman–Crippen LogP) is -3.13. The molecule has 13 nitrogen and oxygen atoms in total. The van der Waals surface area contributed by atoms with Crippen LogP contribution in [0.5, 0.6) is 11.5 Å². The van der Waals surface area contributed by atoms with Crippen LogP contribution in [0.15, 0.2) is 36.4 Å². The number of rotatable bonds is 6. The summed E-state index contributed by atoms with van der Waals surface area (Å²) in [7, 11) is 0. The fourth-order valence-corrected chi connectivity index (χ4v) is 4.20. The molecule has 2 aliphatic heterocycles. The van der Waals surface area contributed by atoms with E-state index in [0.717, 1.165) is 5.39 Å². The molecule has 2 fully saturated rings. The van der Waals surface area contributed by atoms with Gasteiger partial charge >= 0.3 is 0 Å². The van der Waals surface area contributed by atoms with E-state index < -0.39 is 73.7 Å². The van der Waals surface area contributed by atoms with Gasteiger partial charge in [0.2, 0.25) is 18.3 Å². The molecule has 2 aromatic rings. The van der Waals surface area contributed by atoms with Crippen LogP contribution in [0.4, 0.5) is 0 Å². The molecule has 0 aliphatic carbocycles. The van der Waals surface area contributed by atoms with Gasteiger partial charge in [0.25, 0.3) is 0 Å². The molecular formula is C23H31NO12. The summed E-state index contributed by atoms with van der Waals surface area (Å²) in [6, 6.07) is 9.61. The number of aliphatic hydroxyl groups is 8. The monoisotopic (exact) mass is 513 g/mol. The molecule has 13 heteroatoms. The molecule has 0 saturated carbocycles. The van der Waals surface area contributed by atoms with Crippen LogP contribution in [0.25, 0.3) is 10.8 Å². The van der Waals surface area contributed by atoms with Gasteiger partial charge in [-0.1, -0.05) is 12.1 Å². The van der Waals surface area contributed by atoms with Crippen molar-refractivity contribution in [3.8, 4) is 11.5 Å². The lowest BCUT2D eigenvalue weighted by Gasteiger charge is -2.45. The van der Waals surface area contributed by atoms with Crippen LogP contribution in [0, 0.1) is 0 Å². The molecule has 36 heavy (non-hydrogen) atoms. The lowest BCUT2D eigenvalue weighted by Crippen LogP contribution is -2.72. The van der Waals surface area contributed by atoms with E-state index in [1.165, 1.54) is 6.92 Å². The van der Waals surface area contributed by atoms with Gasteiger partial charge in [-0.2, -0.15) is 0 Å². The highest BCUT2D eigenvalue weighted by molar-refractivity contribution is 5.85. The Hall–Kier alpha value is -2.14. The summed E-state index contributed by atoms with van der Waals surface area (Å²) in [6.45, 7) is -0.0239. The zero-order valence-electron chi connectivity index (χ0n) is 19.3. The van der Waals surface area contributed by atoms with Gasteiger partial charge in [0.15, 0.2) is 5.60 Å². The van der Waals surface area contributed by atoms with Crippen LogP contribution in [0.2, 0.25) is 0 Å². The van der Waals surface area contributed by atoms with Gasteiger partial charge in [-0.3, -0.25) is 5.73 Å². The molecule has 2 aliphatic rings. The molecule has 0 aromatic heterocycles. The lowest BCUT2D eigenvalue weighted by atomic mass is 9.88. The van der Waals surface area contributed by atoms with Crippen molar-refractivity contribution in [3.05, 3.63) is 36.4 Å². The van der Waals surface area contributed by atoms with Gasteiger partial charge in [0.1, 0.15) is 48.1 Å². The van der Waals surface area contributed by atoms with Crippen LogP contribution in [-0.4, -0.2) is 115 Å². The van der Waals surface area contributed by atoms with E-state index in [4.69, 9.17) is 24.7 Å². The minimum Gasteiger partial charge on any atom is -0.462 e. The first-order chi connectivity index (χ1) is 16.9. The molecule has 10 atom stereocenters. The summed E-state index contributed by atoms with van der Waals surface area (Å²) in [5, 5.41) is 81.6. The van der Waals surface area contributed by atoms with Crippen molar-refractivity contribution in [1.82, 2.24) is 0 Å². The highest BCUT2D eigenvalue weighted by atomic mass is 16.7. The molecule has 200 valence electrons. The summed E-state index contributed by atoms with van der Waals surface area (Å²) in [6.07, 6.45) is -12.1. The summed E-state index contributed by atoms with van der Waals surface area (Å²) < 4.78 is 22.2. The van der Waals surface area contributed by atoms with Crippen LogP contribution in [0.1, 0.15) is 6.92 Å². The SMILES string of the molecule is C[C@@]1(O)[C@@H](Oc2ccc3ccc(O[C@H]4O[C@H](CO)[C@@H](O)[C@H](O)[C@]4(N)O)cc3c2)O[C@H](CO)[C@@H](O)[C@@H]1O. The summed E-state index contributed by atoms with van der Waals surface area (Å²) in [4.78, 5) is 0. The molecular weight excluding hydrogens is 482 g/mol. The van der Waals surface area contributed by atoms with Crippen molar-refractivity contribution >= 4 is 10.8 Å². The number of hydrogen-bond donors (Lipinski definition) is 9. The van der Waals surface area contributed by atoms with Crippen molar-refractivity contribution in [2.24, 2.45) is 5.73 Å². The Labute approximate surface area is 205 Å². The standard InChI is InChI=1S/C23H31NO12/c1-22(31)18(29)16(27)14(8-25)35-20(22)33-12-4-2-10-3-5-13(7-11(10)6-12)34-21-23(24,32)19(30)17(28)15(9-26)36-21/h2-7,14-21,25-32H,8-9,24H2,1H3/t14-,15-,16-,17-,18+,19+,20+,21+,22+,23+/m1/s1. The highest BCUT2D eigenvalue weighted by Crippen LogP contribution is 2.34. The van der Waals surface area contributed by atoms with E-state index in [2.05, 4.69) is 0 Å². The predicted molar refractivity (Wildman–Crippen MR) is 120 cm³/mol. The topological polar surface area (TPSA) is 225 Å². The molecule has 0 unspecified atom stereocenters. The molecule has 0 amide bonds. The van der Waals surface area contributed by atoms with Crippen molar-refractivity contribution in [2.45, 2.75) is 67.5 Å². The summed E-state index contributed by atoms with van der Waals surface area (Å²) in [5.41, 5.74) is 1.25. The second-order valence-electron chi connectivity index (χ2n) is 9.27. The van der Waals surface area contributed by atoms with Crippen LogP contribution in [-0.2, 0) is 9.47 Å². The number of benzene rings is 2. The third kappa shape index (κ3) is 4.76. The smallest absolute Gasteiger partial charge is 0.245 e. The van der Waals surface area contributed by atoms with E-state index in [9.17, 15) is 40.9 Å². The van der Waals surface area contributed by atoms with Gasteiger partial charge in [-0.15, -0.1) is 0 Å². The fraction of sp³-hybridized carbons (Fsp3) is 0.565. The molecule has 2 heterocycles. The quantitative estimate of drug-likeness (QED) is 0.174. The van der Waals surface area contributed by atoms with Gasteiger partial charge < -0.3 is 59.8 Å². The summed E-state index contributed by atoms with van der Waals surface area (Å²) in [5.74, 6) is 0.377. The first-order valence-corrected chi connectivity index (χ1v) is 11.3. The Morgan fingerprint density at radius 2 is 1.25 bits per heavy atom. The average Bonchev–Trinajstić information content (AvgIpc) is 2.85. The zero-order valence-corrected chi connectivity index (χ0v) is 19.3. The average molecular weight is 513 g/mol. The zero-order chi connectivity index (χ0) is 26.4. The Kier molecular flexibility index (Phi) is 7.45. The van der Waals surface area contributed by atoms with Gasteiger partial charge in [0.05, 0.1) is 13.2 Å². The fourth-order valence-electron chi connectivity index (χ4n) is 4.20. The van der Waals surface area contributed by atoms with Crippen LogP contribution < -0.4 is 15.2 Å². The van der Waals surface area contributed by atoms with E-state index in [-0.39, 0.29) is 11.5 Å². The van der Waals surface area contributed by atoms with Crippen LogP contribution in [0.3, 0.4) is 0 Å². The van der Waals surface area contributed by atoms with Crippen molar-refractivity contribution < 1.29 is 59.8 Å². The number of nitrogens with two attached hydrogens (primary N) is 1. The minimum absolute atomic E-state index is 0.161. The largest absolute Gasteiger partial charge is 0.462 e. The third-order valence-corrected chi connectivity index (χ3v) is 6.56. The first-order valence-electron chi connectivity index (χ1n) is 11.3. The Bertz CT molecular complexity index is 986. The number of hydrogen-bond acceptors (Lipinski definition) is 13. The van der Waals surface area contributed by atoms with Crippen molar-refractivity contribution in [2.75, 3.05) is 13.2 Å². The molecule has 10 N–H and O–H groups in total. The summed E-state index contributed by atoms with van der Waals surface area (Å²) >= 11 is 0. The molecule has 0 radical (unpaired) electrons. The van der Waals surface area contributed by atoms with E-state index >= 15 is 0 Å². The molecule has 4 rings (SSSR count). The molecule has 2 aromatic carbocycles. The Balaban J connectivity index is 1.56. The van der Waals surface area contributed by atoms with E-state index in [1.807, 2.05) is 0 Å². The lowest BCUT2D eigenvalue weighted by molar-refractivity contribution is -0.319. The van der Waals surface area contributed by atoms with E-state index in [0.29, 0.717) is 5.39 Å². The van der Waals surface area contributed by atoms with Crippen LogP contribution >= 0.6 is 0 Å². The third-order valence-electron chi connectivity index (χ3n) is 6.56. The van der Waals surface area contributed by atoms with Gasteiger partial charge in [-0.05, 0) is 42.0 Å². The maximum Gasteiger partial charge on any atom is 0.245 e. The molecule has 0 spiro atoms. The highest BCUT2D eigenvalue weighted by Gasteiger charge is 2.54. The second kappa shape index (κ2) is 9.96. The maximum atomic E-state index is 10.7. The molecule has 0 bridgehead atoms. The minimum atomic E-state index is -2.48. The number of fused-ring (bicyclic) bond motifs is 1. The van der Waals surface area contributed by atoms with Gasteiger partial charge in [-0.25, -0.2) is 0 Å². The van der Waals surface area contributed by atoms with Crippen molar-refractivity contribution in [3.63, 3.8) is 0 Å². The number of aliphatic hydroxyl groups excluding tert-OH is 6. The number of ether oxygens (including phenoxy) is 4. The van der Waals surface area contributed by atoms with Crippen molar-refractivity contribution in [1.29, 1.82) is 0 Å². The Morgan fingerprint density at radius 3 is 1.78 bits per heavy atom. The van der Waals surface area contributed by atoms with Gasteiger partial charge in [0, 0.05) is 0 Å². The normalized spacial score (nSPS) is 41.3. The second-order valence-corrected chi connectivity index (χ2v) is 9.27. The molecule has 2 saturated heterocycles.